The number of carboxylic acid groups (broad SMARTS) is 1. The maximum absolute atomic E-state index is 11.0. The van der Waals surface area contributed by atoms with Crippen molar-refractivity contribution in [1.82, 2.24) is 4.98 Å². The van der Waals surface area contributed by atoms with Crippen molar-refractivity contribution in [2.45, 2.75) is 6.61 Å². The van der Waals surface area contributed by atoms with Crippen LogP contribution >= 0.6 is 11.3 Å². The SMILES string of the molecule is O=C([O-])c1cc(C=Nc2nccs2)c2c(c1)COCO2. The van der Waals surface area contributed by atoms with Crippen LogP contribution in [0.25, 0.3) is 0 Å². The summed E-state index contributed by atoms with van der Waals surface area (Å²) >= 11 is 1.39. The Balaban J connectivity index is 2.03. The predicted octanol–water partition coefficient (Wildman–Crippen LogP) is 1.12. The third kappa shape index (κ3) is 2.54. The van der Waals surface area contributed by atoms with Gasteiger partial charge in [0.15, 0.2) is 6.79 Å². The molecule has 0 unspecified atom stereocenters. The lowest BCUT2D eigenvalue weighted by molar-refractivity contribution is -0.255. The number of hydrogen-bond donors (Lipinski definition) is 0. The van der Waals surface area contributed by atoms with E-state index in [1.807, 2.05) is 5.38 Å². The molecule has 1 aliphatic rings. The van der Waals surface area contributed by atoms with Crippen molar-refractivity contribution >= 4 is 28.7 Å². The van der Waals surface area contributed by atoms with E-state index in [1.165, 1.54) is 29.7 Å². The van der Waals surface area contributed by atoms with E-state index in [1.54, 1.807) is 6.20 Å². The number of aromatic carboxylic acids is 1. The standard InChI is InChI=1S/C13H10N2O4S/c16-12(17)8-3-9(5-15-13-14-1-2-20-13)11-10(4-8)6-18-7-19-11/h1-5H,6-7H2,(H,16,17)/p-1. The Morgan fingerprint density at radius 2 is 2.40 bits per heavy atom. The van der Waals surface area contributed by atoms with Crippen molar-refractivity contribution < 1.29 is 19.4 Å². The zero-order valence-electron chi connectivity index (χ0n) is 10.2. The van der Waals surface area contributed by atoms with Gasteiger partial charge in [0.25, 0.3) is 0 Å². The second-order valence-electron chi connectivity index (χ2n) is 4.02. The number of fused-ring (bicyclic) bond motifs is 1. The lowest BCUT2D eigenvalue weighted by Crippen LogP contribution is -2.23. The quantitative estimate of drug-likeness (QED) is 0.791. The molecule has 6 nitrogen and oxygen atoms in total. The van der Waals surface area contributed by atoms with Gasteiger partial charge < -0.3 is 19.4 Å². The molecule has 0 saturated carbocycles. The van der Waals surface area contributed by atoms with Gasteiger partial charge in [-0.25, -0.2) is 9.98 Å². The van der Waals surface area contributed by atoms with E-state index in [2.05, 4.69) is 9.98 Å². The van der Waals surface area contributed by atoms with Crippen molar-refractivity contribution in [3.63, 3.8) is 0 Å². The third-order valence-corrected chi connectivity index (χ3v) is 3.39. The van der Waals surface area contributed by atoms with Crippen LogP contribution in [0.2, 0.25) is 0 Å². The number of ether oxygens (including phenoxy) is 2. The van der Waals surface area contributed by atoms with Crippen LogP contribution in [0.4, 0.5) is 5.13 Å². The van der Waals surface area contributed by atoms with Gasteiger partial charge in [-0.2, -0.15) is 0 Å². The van der Waals surface area contributed by atoms with Crippen LogP contribution in [0.3, 0.4) is 0 Å². The molecule has 102 valence electrons. The Morgan fingerprint density at radius 1 is 1.50 bits per heavy atom. The number of benzene rings is 1. The lowest BCUT2D eigenvalue weighted by Gasteiger charge is -2.20. The number of carbonyl (C=O) groups excluding carboxylic acids is 1. The van der Waals surface area contributed by atoms with Gasteiger partial charge in [-0.15, -0.1) is 11.3 Å². The number of aliphatic imine (C=N–C) groups is 1. The monoisotopic (exact) mass is 289 g/mol. The van der Waals surface area contributed by atoms with Gasteiger partial charge in [0, 0.05) is 28.9 Å². The van der Waals surface area contributed by atoms with Crippen LogP contribution in [0.15, 0.2) is 28.7 Å². The molecule has 0 aliphatic carbocycles. The van der Waals surface area contributed by atoms with Gasteiger partial charge in [-0.3, -0.25) is 0 Å². The van der Waals surface area contributed by atoms with Crippen molar-refractivity contribution in [2.24, 2.45) is 4.99 Å². The summed E-state index contributed by atoms with van der Waals surface area (Å²) in [6, 6.07) is 2.96. The van der Waals surface area contributed by atoms with Gasteiger partial charge in [-0.1, -0.05) is 0 Å². The molecule has 0 bridgehead atoms. The number of thiazole rings is 1. The number of aromatic nitrogens is 1. The van der Waals surface area contributed by atoms with Gasteiger partial charge in [0.1, 0.15) is 5.75 Å². The van der Waals surface area contributed by atoms with Crippen molar-refractivity contribution in [3.05, 3.63) is 40.4 Å². The highest BCUT2D eigenvalue weighted by atomic mass is 32.1. The Bertz CT molecular complexity index is 667. The highest BCUT2D eigenvalue weighted by Crippen LogP contribution is 2.29. The molecule has 0 fully saturated rings. The van der Waals surface area contributed by atoms with Crippen LogP contribution in [0, 0.1) is 0 Å². The fourth-order valence-corrected chi connectivity index (χ4v) is 2.35. The lowest BCUT2D eigenvalue weighted by atomic mass is 10.0. The van der Waals surface area contributed by atoms with E-state index in [9.17, 15) is 9.90 Å². The Hall–Kier alpha value is -2.25. The first-order chi connectivity index (χ1) is 9.74. The summed E-state index contributed by atoms with van der Waals surface area (Å²) in [7, 11) is 0. The third-order valence-electron chi connectivity index (χ3n) is 2.71. The van der Waals surface area contributed by atoms with E-state index in [0.717, 1.165) is 0 Å². The molecule has 1 aromatic carbocycles. The highest BCUT2D eigenvalue weighted by Gasteiger charge is 2.16. The Labute approximate surface area is 118 Å². The van der Waals surface area contributed by atoms with E-state index >= 15 is 0 Å². The van der Waals surface area contributed by atoms with Crippen LogP contribution in [-0.4, -0.2) is 24.0 Å². The molecule has 0 atom stereocenters. The van der Waals surface area contributed by atoms with Crippen molar-refractivity contribution in [3.8, 4) is 5.75 Å². The summed E-state index contributed by atoms with van der Waals surface area (Å²) in [5.74, 6) is -0.663. The molecular weight excluding hydrogens is 280 g/mol. The van der Waals surface area contributed by atoms with Crippen LogP contribution in [-0.2, 0) is 11.3 Å². The van der Waals surface area contributed by atoms with Crippen LogP contribution < -0.4 is 9.84 Å². The van der Waals surface area contributed by atoms with Gasteiger partial charge in [-0.05, 0) is 17.7 Å². The van der Waals surface area contributed by atoms with E-state index < -0.39 is 5.97 Å². The summed E-state index contributed by atoms with van der Waals surface area (Å²) in [6.45, 7) is 0.435. The number of nitrogens with zero attached hydrogens (tertiary/aromatic N) is 2. The molecular formula is C13H9N2O4S-. The fourth-order valence-electron chi connectivity index (χ4n) is 1.87. The molecule has 0 amide bonds. The fraction of sp³-hybridized carbons (Fsp3) is 0.154. The van der Waals surface area contributed by atoms with Gasteiger partial charge >= 0.3 is 0 Å². The first kappa shape index (κ1) is 12.8. The maximum Gasteiger partial charge on any atom is 0.209 e. The molecule has 0 radical (unpaired) electrons. The second kappa shape index (κ2) is 5.40. The minimum Gasteiger partial charge on any atom is -0.545 e. The van der Waals surface area contributed by atoms with Gasteiger partial charge in [0.05, 0.1) is 12.6 Å². The first-order valence-electron chi connectivity index (χ1n) is 5.76. The Kier molecular flexibility index (Phi) is 3.44. The number of carboxylic acids is 1. The Morgan fingerprint density at radius 3 is 3.15 bits per heavy atom. The number of carbonyl (C=O) groups is 1. The van der Waals surface area contributed by atoms with Crippen LogP contribution in [0.1, 0.15) is 21.5 Å². The average molecular weight is 289 g/mol. The molecule has 2 aromatic rings. The van der Waals surface area contributed by atoms with E-state index in [4.69, 9.17) is 9.47 Å². The maximum atomic E-state index is 11.0. The van der Waals surface area contributed by atoms with Crippen molar-refractivity contribution in [2.75, 3.05) is 6.79 Å². The molecule has 2 heterocycles. The van der Waals surface area contributed by atoms with E-state index in [-0.39, 0.29) is 12.4 Å². The zero-order chi connectivity index (χ0) is 13.9. The highest BCUT2D eigenvalue weighted by molar-refractivity contribution is 7.13. The molecule has 3 rings (SSSR count). The molecule has 1 aromatic heterocycles. The predicted molar refractivity (Wildman–Crippen MR) is 70.4 cm³/mol. The normalized spacial score (nSPS) is 14.0. The minimum absolute atomic E-state index is 0.0680. The minimum atomic E-state index is -1.25. The smallest absolute Gasteiger partial charge is 0.209 e. The molecule has 0 spiro atoms. The summed E-state index contributed by atoms with van der Waals surface area (Å²) in [5.41, 5.74) is 1.30. The summed E-state index contributed by atoms with van der Waals surface area (Å²) < 4.78 is 10.6. The second-order valence-corrected chi connectivity index (χ2v) is 4.90. The van der Waals surface area contributed by atoms with Crippen molar-refractivity contribution in [1.29, 1.82) is 0 Å². The average Bonchev–Trinajstić information content (AvgIpc) is 2.97. The first-order valence-corrected chi connectivity index (χ1v) is 6.64. The van der Waals surface area contributed by atoms with Gasteiger partial charge in [0.2, 0.25) is 5.13 Å². The summed E-state index contributed by atoms with van der Waals surface area (Å²) in [6.07, 6.45) is 3.18. The zero-order valence-corrected chi connectivity index (χ0v) is 11.1. The molecule has 0 saturated heterocycles. The molecule has 7 heteroatoms. The largest absolute Gasteiger partial charge is 0.545 e. The topological polar surface area (TPSA) is 83.8 Å². The van der Waals surface area contributed by atoms with Crippen LogP contribution in [0.5, 0.6) is 5.75 Å². The van der Waals surface area contributed by atoms with E-state index in [0.29, 0.717) is 28.6 Å². The molecule has 1 aliphatic heterocycles. The number of hydrogen-bond acceptors (Lipinski definition) is 7. The molecule has 0 N–H and O–H groups in total. The summed E-state index contributed by atoms with van der Waals surface area (Å²) in [4.78, 5) is 19.2. The molecule has 20 heavy (non-hydrogen) atoms. The number of rotatable bonds is 3. The summed E-state index contributed by atoms with van der Waals surface area (Å²) in [5, 5.41) is 13.4.